The summed E-state index contributed by atoms with van der Waals surface area (Å²) in [4.78, 5) is 39.9. The number of amides is 2. The van der Waals surface area contributed by atoms with Crippen molar-refractivity contribution in [2.75, 3.05) is 13.7 Å². The Morgan fingerprint density at radius 3 is 2.21 bits per heavy atom. The molecule has 2 aromatic carbocycles. The molecule has 1 aliphatic rings. The van der Waals surface area contributed by atoms with Gasteiger partial charge in [-0.25, -0.2) is 9.59 Å². The lowest BCUT2D eigenvalue weighted by Gasteiger charge is -2.43. The summed E-state index contributed by atoms with van der Waals surface area (Å²) in [7, 11) is 1.31. The Labute approximate surface area is 200 Å². The van der Waals surface area contributed by atoms with E-state index in [0.29, 0.717) is 0 Å². The normalized spacial score (nSPS) is 20.2. The zero-order valence-electron chi connectivity index (χ0n) is 20.0. The van der Waals surface area contributed by atoms with Crippen LogP contribution in [-0.4, -0.2) is 48.4 Å². The fourth-order valence-corrected chi connectivity index (χ4v) is 4.07. The summed E-state index contributed by atoms with van der Waals surface area (Å²) in [5.74, 6) is -1.09. The van der Waals surface area contributed by atoms with E-state index in [2.05, 4.69) is 5.32 Å². The number of benzene rings is 2. The molecule has 2 amide bonds. The van der Waals surface area contributed by atoms with Gasteiger partial charge in [0.1, 0.15) is 12.2 Å². The highest BCUT2D eigenvalue weighted by atomic mass is 16.6. The summed E-state index contributed by atoms with van der Waals surface area (Å²) in [5, 5.41) is 2.87. The molecule has 1 fully saturated rings. The topological polar surface area (TPSA) is 94.2 Å². The zero-order chi connectivity index (χ0) is 24.7. The summed E-state index contributed by atoms with van der Waals surface area (Å²) in [5.41, 5.74) is 0.956. The van der Waals surface area contributed by atoms with Crippen molar-refractivity contribution in [2.24, 2.45) is 5.92 Å². The number of ether oxygens (including phenoxy) is 3. The van der Waals surface area contributed by atoms with Gasteiger partial charge < -0.3 is 19.5 Å². The van der Waals surface area contributed by atoms with E-state index in [9.17, 15) is 14.4 Å². The van der Waals surface area contributed by atoms with Crippen molar-refractivity contribution in [1.29, 1.82) is 0 Å². The maximum Gasteiger partial charge on any atom is 0.410 e. The van der Waals surface area contributed by atoms with Gasteiger partial charge in [0.25, 0.3) is 0 Å². The van der Waals surface area contributed by atoms with Gasteiger partial charge in [0.2, 0.25) is 0 Å². The number of methoxy groups -OCH3 is 1. The first-order valence-corrected chi connectivity index (χ1v) is 11.3. The lowest BCUT2D eigenvalue weighted by atomic mass is 9.85. The minimum atomic E-state index is -0.697. The van der Waals surface area contributed by atoms with Crippen LogP contribution in [0.15, 0.2) is 60.7 Å². The largest absolute Gasteiger partial charge is 0.469 e. The lowest BCUT2D eigenvalue weighted by molar-refractivity contribution is -0.148. The van der Waals surface area contributed by atoms with Crippen LogP contribution in [0.2, 0.25) is 0 Å². The zero-order valence-corrected chi connectivity index (χ0v) is 20.0. The lowest BCUT2D eigenvalue weighted by Crippen LogP contribution is -2.56. The Kier molecular flexibility index (Phi) is 8.15. The molecule has 0 saturated carbocycles. The molecular formula is C26H32N2O6. The van der Waals surface area contributed by atoms with Crippen molar-refractivity contribution in [2.45, 2.75) is 51.5 Å². The predicted molar refractivity (Wildman–Crippen MR) is 126 cm³/mol. The molecular weight excluding hydrogens is 436 g/mol. The molecule has 1 heterocycles. The van der Waals surface area contributed by atoms with E-state index in [1.54, 1.807) is 20.8 Å². The average Bonchev–Trinajstić information content (AvgIpc) is 2.81. The van der Waals surface area contributed by atoms with Crippen LogP contribution in [-0.2, 0) is 25.6 Å². The van der Waals surface area contributed by atoms with Crippen LogP contribution in [0, 0.1) is 5.92 Å². The molecule has 8 nitrogen and oxygen atoms in total. The van der Waals surface area contributed by atoms with E-state index in [1.807, 2.05) is 60.7 Å². The van der Waals surface area contributed by atoms with Crippen molar-refractivity contribution < 1.29 is 28.6 Å². The molecule has 1 aliphatic heterocycles. The Morgan fingerprint density at radius 1 is 1.00 bits per heavy atom. The minimum absolute atomic E-state index is 0.0880. The van der Waals surface area contributed by atoms with Crippen LogP contribution >= 0.6 is 0 Å². The third kappa shape index (κ3) is 6.73. The maximum atomic E-state index is 13.3. The standard InChI is InChI=1S/C26H32N2O6/c1-26(2,3)34-24(30)27-21-15-20(23(29)32-4)16-28(22(21)19-13-9-6-10-14-19)25(31)33-17-18-11-7-5-8-12-18/h5-14,20-22H,15-17H2,1-4H3,(H,27,30)/t20-,21+,22-/m0/s1. The second-order valence-electron chi connectivity index (χ2n) is 9.26. The van der Waals surface area contributed by atoms with E-state index in [4.69, 9.17) is 14.2 Å². The van der Waals surface area contributed by atoms with Crippen molar-refractivity contribution in [3.05, 3.63) is 71.8 Å². The average molecular weight is 469 g/mol. The summed E-state index contributed by atoms with van der Waals surface area (Å²) in [6, 6.07) is 17.5. The molecule has 0 unspecified atom stereocenters. The molecule has 3 rings (SSSR count). The molecule has 3 atom stereocenters. The van der Waals surface area contributed by atoms with E-state index in [-0.39, 0.29) is 19.6 Å². The van der Waals surface area contributed by atoms with Crippen LogP contribution < -0.4 is 5.32 Å². The van der Waals surface area contributed by atoms with Gasteiger partial charge in [0.15, 0.2) is 0 Å². The van der Waals surface area contributed by atoms with Gasteiger partial charge >= 0.3 is 18.2 Å². The van der Waals surface area contributed by atoms with Crippen LogP contribution in [0.3, 0.4) is 0 Å². The van der Waals surface area contributed by atoms with Gasteiger partial charge in [0.05, 0.1) is 25.1 Å². The van der Waals surface area contributed by atoms with Crippen molar-refractivity contribution >= 4 is 18.2 Å². The number of carbonyl (C=O) groups excluding carboxylic acids is 3. The molecule has 0 spiro atoms. The number of nitrogens with zero attached hydrogens (tertiary/aromatic N) is 1. The first kappa shape index (κ1) is 25.1. The number of alkyl carbamates (subject to hydrolysis) is 1. The van der Waals surface area contributed by atoms with Crippen LogP contribution in [0.5, 0.6) is 0 Å². The smallest absolute Gasteiger partial charge is 0.410 e. The van der Waals surface area contributed by atoms with E-state index in [0.717, 1.165) is 11.1 Å². The van der Waals surface area contributed by atoms with E-state index in [1.165, 1.54) is 12.0 Å². The number of rotatable bonds is 5. The highest BCUT2D eigenvalue weighted by Gasteiger charge is 2.44. The number of piperidine rings is 1. The predicted octanol–water partition coefficient (Wildman–Crippen LogP) is 4.45. The molecule has 0 aromatic heterocycles. The second kappa shape index (κ2) is 11.0. The molecule has 1 N–H and O–H groups in total. The Hall–Kier alpha value is -3.55. The third-order valence-electron chi connectivity index (χ3n) is 5.49. The monoisotopic (exact) mass is 468 g/mol. The molecule has 8 heteroatoms. The van der Waals surface area contributed by atoms with E-state index >= 15 is 0 Å². The number of esters is 1. The molecule has 0 aliphatic carbocycles. The second-order valence-corrected chi connectivity index (χ2v) is 9.26. The van der Waals surface area contributed by atoms with Gasteiger partial charge in [-0.1, -0.05) is 60.7 Å². The molecule has 0 radical (unpaired) electrons. The molecule has 1 saturated heterocycles. The maximum absolute atomic E-state index is 13.3. The van der Waals surface area contributed by atoms with Gasteiger partial charge in [-0.3, -0.25) is 9.69 Å². The summed E-state index contributed by atoms with van der Waals surface area (Å²) in [6.07, 6.45) is -0.919. The van der Waals surface area contributed by atoms with Gasteiger partial charge in [0, 0.05) is 6.54 Å². The SMILES string of the molecule is COC(=O)[C@H]1C[C@@H](NC(=O)OC(C)(C)C)[C@H](c2ccccc2)N(C(=O)OCc2ccccc2)C1. The van der Waals surface area contributed by atoms with Crippen molar-refractivity contribution in [3.63, 3.8) is 0 Å². The van der Waals surface area contributed by atoms with Crippen LogP contribution in [0.4, 0.5) is 9.59 Å². The van der Waals surface area contributed by atoms with Crippen molar-refractivity contribution in [3.8, 4) is 0 Å². The number of likely N-dealkylation sites (tertiary alicyclic amines) is 1. The summed E-state index contributed by atoms with van der Waals surface area (Å²) in [6.45, 7) is 5.50. The number of hydrogen-bond donors (Lipinski definition) is 1. The fraction of sp³-hybridized carbons (Fsp3) is 0.423. The van der Waals surface area contributed by atoms with Crippen LogP contribution in [0.25, 0.3) is 0 Å². The van der Waals surface area contributed by atoms with E-state index < -0.39 is 41.8 Å². The first-order chi connectivity index (χ1) is 16.2. The summed E-state index contributed by atoms with van der Waals surface area (Å²) >= 11 is 0. The number of carbonyl (C=O) groups is 3. The molecule has 2 aromatic rings. The highest BCUT2D eigenvalue weighted by Crippen LogP contribution is 2.35. The summed E-state index contributed by atoms with van der Waals surface area (Å²) < 4.78 is 16.0. The Bertz CT molecular complexity index is 974. The number of hydrogen-bond acceptors (Lipinski definition) is 6. The van der Waals surface area contributed by atoms with Gasteiger partial charge in [-0.15, -0.1) is 0 Å². The Balaban J connectivity index is 1.90. The fourth-order valence-electron chi connectivity index (χ4n) is 4.07. The van der Waals surface area contributed by atoms with Gasteiger partial charge in [-0.05, 0) is 38.3 Å². The minimum Gasteiger partial charge on any atom is -0.469 e. The number of nitrogens with one attached hydrogen (secondary N) is 1. The Morgan fingerprint density at radius 2 is 1.62 bits per heavy atom. The first-order valence-electron chi connectivity index (χ1n) is 11.3. The van der Waals surface area contributed by atoms with Gasteiger partial charge in [-0.2, -0.15) is 0 Å². The molecule has 0 bridgehead atoms. The highest BCUT2D eigenvalue weighted by molar-refractivity contribution is 5.76. The van der Waals surface area contributed by atoms with Crippen LogP contribution in [0.1, 0.15) is 44.4 Å². The van der Waals surface area contributed by atoms with Crippen molar-refractivity contribution in [1.82, 2.24) is 10.2 Å². The molecule has 182 valence electrons. The molecule has 34 heavy (non-hydrogen) atoms. The quantitative estimate of drug-likeness (QED) is 0.515. The third-order valence-corrected chi connectivity index (χ3v) is 5.49.